The molecular weight excluding hydrogens is 605 g/mol. The number of fused-ring (bicyclic) bond motifs is 1. The average Bonchev–Trinajstić information content (AvgIpc) is 2.92. The van der Waals surface area contributed by atoms with Crippen molar-refractivity contribution in [3.8, 4) is 22.7 Å². The lowest BCUT2D eigenvalue weighted by molar-refractivity contribution is -0.129. The molecule has 238 valence electrons. The number of phenols is 1. The molecule has 0 radical (unpaired) electrons. The smallest absolute Gasteiger partial charge is 0.410 e. The van der Waals surface area contributed by atoms with Gasteiger partial charge in [0.15, 0.2) is 5.65 Å². The first-order valence-electron chi connectivity index (χ1n) is 14.4. The third-order valence-corrected chi connectivity index (χ3v) is 8.00. The molecule has 13 heteroatoms. The fourth-order valence-corrected chi connectivity index (χ4v) is 5.75. The first-order chi connectivity index (χ1) is 21.1. The molecule has 11 nitrogen and oxygen atoms in total. The highest BCUT2D eigenvalue weighted by Gasteiger charge is 2.48. The number of phenolic OH excluding ortho intramolecular Hbond substituents is 1. The van der Waals surface area contributed by atoms with Gasteiger partial charge in [0, 0.05) is 13.3 Å². The van der Waals surface area contributed by atoms with Crippen molar-refractivity contribution in [3.63, 3.8) is 0 Å². The summed E-state index contributed by atoms with van der Waals surface area (Å²) in [6, 6.07) is 6.92. The molecule has 1 aliphatic rings. The molecule has 1 amide bonds. The highest BCUT2D eigenvalue weighted by Crippen LogP contribution is 2.37. The SMILES string of the molecule is COC1(Cn2c(=O)c(=O)n(-c3c(C)ccnc3C(C)C)c3nc(-c4c(O)cccc4F)c(Cl)cc32)CN(C(=O)OC(C)(C)C)C1. The van der Waals surface area contributed by atoms with Gasteiger partial charge in [-0.15, -0.1) is 0 Å². The van der Waals surface area contributed by atoms with Gasteiger partial charge in [-0.25, -0.2) is 14.2 Å². The van der Waals surface area contributed by atoms with Gasteiger partial charge in [0.1, 0.15) is 22.8 Å². The molecule has 4 heterocycles. The third kappa shape index (κ3) is 5.80. The summed E-state index contributed by atoms with van der Waals surface area (Å²) in [7, 11) is 1.46. The molecule has 45 heavy (non-hydrogen) atoms. The molecule has 0 bridgehead atoms. The van der Waals surface area contributed by atoms with Crippen LogP contribution in [0.4, 0.5) is 9.18 Å². The van der Waals surface area contributed by atoms with Gasteiger partial charge >= 0.3 is 17.2 Å². The van der Waals surface area contributed by atoms with E-state index in [2.05, 4.69) is 9.97 Å². The summed E-state index contributed by atoms with van der Waals surface area (Å²) in [4.78, 5) is 51.3. The van der Waals surface area contributed by atoms with Gasteiger partial charge < -0.3 is 19.5 Å². The summed E-state index contributed by atoms with van der Waals surface area (Å²) in [5.74, 6) is -1.32. The second-order valence-electron chi connectivity index (χ2n) is 12.6. The predicted octanol–water partition coefficient (Wildman–Crippen LogP) is 5.18. The molecule has 0 aliphatic carbocycles. The number of methoxy groups -OCH3 is 1. The van der Waals surface area contributed by atoms with E-state index in [4.69, 9.17) is 21.1 Å². The minimum Gasteiger partial charge on any atom is -0.507 e. The Morgan fingerprint density at radius 2 is 1.87 bits per heavy atom. The molecule has 0 spiro atoms. The topological polar surface area (TPSA) is 129 Å². The maximum atomic E-state index is 15.1. The minimum absolute atomic E-state index is 0.00534. The summed E-state index contributed by atoms with van der Waals surface area (Å²) >= 11 is 6.68. The maximum Gasteiger partial charge on any atom is 0.410 e. The Morgan fingerprint density at radius 1 is 1.18 bits per heavy atom. The molecule has 4 aromatic rings. The number of aryl methyl sites for hydroxylation is 1. The fraction of sp³-hybridized carbons (Fsp3) is 0.406. The lowest BCUT2D eigenvalue weighted by Gasteiger charge is -2.48. The fourth-order valence-electron chi connectivity index (χ4n) is 5.51. The zero-order valence-electron chi connectivity index (χ0n) is 26.1. The van der Waals surface area contributed by atoms with Gasteiger partial charge in [-0.1, -0.05) is 31.5 Å². The zero-order valence-corrected chi connectivity index (χ0v) is 26.9. The molecule has 0 atom stereocenters. The predicted molar refractivity (Wildman–Crippen MR) is 168 cm³/mol. The van der Waals surface area contributed by atoms with E-state index in [1.807, 2.05) is 13.8 Å². The number of hydrogen-bond donors (Lipinski definition) is 1. The number of amides is 1. The monoisotopic (exact) mass is 639 g/mol. The largest absolute Gasteiger partial charge is 0.507 e. The van der Waals surface area contributed by atoms with Gasteiger partial charge in [0.05, 0.1) is 52.8 Å². The first kappa shape index (κ1) is 32.1. The molecule has 0 unspecified atom stereocenters. The van der Waals surface area contributed by atoms with E-state index in [0.717, 1.165) is 6.07 Å². The Morgan fingerprint density at radius 3 is 2.47 bits per heavy atom. The van der Waals surface area contributed by atoms with Crippen molar-refractivity contribution >= 4 is 28.9 Å². The summed E-state index contributed by atoms with van der Waals surface area (Å²) in [5.41, 5.74) is -2.19. The van der Waals surface area contributed by atoms with Crippen LogP contribution in [-0.2, 0) is 16.0 Å². The van der Waals surface area contributed by atoms with Crippen molar-refractivity contribution in [2.45, 2.75) is 65.2 Å². The normalized spacial score (nSPS) is 14.6. The summed E-state index contributed by atoms with van der Waals surface area (Å²) in [6.07, 6.45) is 1.08. The van der Waals surface area contributed by atoms with Gasteiger partial charge in [0.2, 0.25) is 0 Å². The number of carbonyl (C=O) groups excluding carboxylic acids is 1. The maximum absolute atomic E-state index is 15.1. The Balaban J connectivity index is 1.77. The van der Waals surface area contributed by atoms with E-state index in [9.17, 15) is 19.5 Å². The van der Waals surface area contributed by atoms with Crippen molar-refractivity contribution in [1.82, 2.24) is 24.0 Å². The number of halogens is 2. The number of benzene rings is 1. The van der Waals surface area contributed by atoms with Gasteiger partial charge in [-0.3, -0.25) is 23.7 Å². The highest BCUT2D eigenvalue weighted by molar-refractivity contribution is 6.33. The van der Waals surface area contributed by atoms with Crippen molar-refractivity contribution in [3.05, 3.63) is 79.3 Å². The molecule has 1 aliphatic heterocycles. The van der Waals surface area contributed by atoms with Gasteiger partial charge in [0.25, 0.3) is 0 Å². The molecule has 1 N–H and O–H groups in total. The number of hydrogen-bond acceptors (Lipinski definition) is 8. The highest BCUT2D eigenvalue weighted by atomic mass is 35.5. The van der Waals surface area contributed by atoms with Gasteiger partial charge in [-0.2, -0.15) is 0 Å². The number of aromatic hydroxyl groups is 1. The summed E-state index contributed by atoms with van der Waals surface area (Å²) in [6.45, 7) is 10.9. The van der Waals surface area contributed by atoms with E-state index < -0.39 is 40.0 Å². The number of nitrogens with zero attached hydrogens (tertiary/aromatic N) is 5. The van der Waals surface area contributed by atoms with E-state index in [0.29, 0.717) is 16.9 Å². The van der Waals surface area contributed by atoms with Crippen molar-refractivity contribution in [2.75, 3.05) is 20.2 Å². The second-order valence-corrected chi connectivity index (χ2v) is 13.0. The molecule has 3 aromatic heterocycles. The number of likely N-dealkylation sites (tertiary alicyclic amines) is 1. The molecule has 1 saturated heterocycles. The Kier molecular flexibility index (Phi) is 8.26. The first-order valence-corrected chi connectivity index (χ1v) is 14.8. The van der Waals surface area contributed by atoms with Crippen LogP contribution in [0, 0.1) is 12.7 Å². The van der Waals surface area contributed by atoms with Crippen LogP contribution in [0.5, 0.6) is 5.75 Å². The van der Waals surface area contributed by atoms with Crippen LogP contribution in [-0.4, -0.2) is 66.6 Å². The minimum atomic E-state index is -1.03. The number of aromatic nitrogens is 4. The second kappa shape index (κ2) is 11.6. The lowest BCUT2D eigenvalue weighted by atomic mass is 9.94. The van der Waals surface area contributed by atoms with Crippen LogP contribution in [0.15, 0.2) is 46.1 Å². The summed E-state index contributed by atoms with van der Waals surface area (Å²) in [5, 5.41) is 10.5. The number of ether oxygens (including phenoxy) is 2. The summed E-state index contributed by atoms with van der Waals surface area (Å²) < 4.78 is 28.7. The zero-order chi connectivity index (χ0) is 33.0. The Bertz CT molecular complexity index is 1920. The van der Waals surface area contributed by atoms with Crippen LogP contribution in [0.2, 0.25) is 5.02 Å². The molecular formula is C32H35ClFN5O6. The number of carbonyl (C=O) groups is 1. The standard InChI is InChI=1S/C32H35ClFN5O6/c1-17(2)24-26(18(3)11-12-35-24)39-27-21(13-19(33)25(36-27)23-20(34)9-8-10-22(23)40)38(28(41)29(39)42)16-32(44-7)14-37(15-32)30(43)45-31(4,5)6/h8-13,17,40H,14-16H2,1-7H3. The van der Waals surface area contributed by atoms with Crippen LogP contribution in [0.3, 0.4) is 0 Å². The van der Waals surface area contributed by atoms with Crippen molar-refractivity contribution in [1.29, 1.82) is 0 Å². The molecule has 1 aromatic carbocycles. The molecule has 5 rings (SSSR count). The van der Waals surface area contributed by atoms with Crippen LogP contribution >= 0.6 is 11.6 Å². The lowest BCUT2D eigenvalue weighted by Crippen LogP contribution is -2.67. The third-order valence-electron chi connectivity index (χ3n) is 7.71. The average molecular weight is 640 g/mol. The van der Waals surface area contributed by atoms with Crippen LogP contribution in [0.25, 0.3) is 28.1 Å². The van der Waals surface area contributed by atoms with Crippen LogP contribution in [0.1, 0.15) is 51.8 Å². The number of pyridine rings is 2. The van der Waals surface area contributed by atoms with E-state index >= 15 is 4.39 Å². The van der Waals surface area contributed by atoms with E-state index in [-0.39, 0.29) is 53.0 Å². The molecule has 1 fully saturated rings. The quantitative estimate of drug-likeness (QED) is 0.286. The van der Waals surface area contributed by atoms with E-state index in [1.54, 1.807) is 40.0 Å². The van der Waals surface area contributed by atoms with E-state index in [1.165, 1.54) is 39.3 Å². The molecule has 0 saturated carbocycles. The van der Waals surface area contributed by atoms with Crippen LogP contribution < -0.4 is 11.1 Å². The Hall–Kier alpha value is -4.29. The van der Waals surface area contributed by atoms with Crippen molar-refractivity contribution < 1.29 is 23.8 Å². The Labute approximate surface area is 263 Å². The van der Waals surface area contributed by atoms with Gasteiger partial charge in [-0.05, 0) is 63.4 Å². The number of rotatable bonds is 6. The van der Waals surface area contributed by atoms with Crippen molar-refractivity contribution in [2.24, 2.45) is 0 Å².